The minimum Gasteiger partial charge on any atom is -0.384 e. The van der Waals surface area contributed by atoms with Crippen molar-refractivity contribution >= 4 is 15.5 Å². The Morgan fingerprint density at radius 3 is 2.19 bits per heavy atom. The molecule has 0 atom stereocenters. The van der Waals surface area contributed by atoms with Gasteiger partial charge in [0.25, 0.3) is 0 Å². The van der Waals surface area contributed by atoms with Gasteiger partial charge in [-0.05, 0) is 50.2 Å². The van der Waals surface area contributed by atoms with Crippen LogP contribution in [0.5, 0.6) is 0 Å². The number of nitrogens with one attached hydrogen (secondary N) is 1. The third kappa shape index (κ3) is 6.06. The first-order valence-corrected chi connectivity index (χ1v) is 9.03. The Morgan fingerprint density at radius 1 is 1.14 bits per heavy atom. The quantitative estimate of drug-likeness (QED) is 0.802. The van der Waals surface area contributed by atoms with Crippen molar-refractivity contribution in [2.24, 2.45) is 5.41 Å². The number of benzene rings is 1. The van der Waals surface area contributed by atoms with Crippen LogP contribution in [0.1, 0.15) is 27.2 Å². The molecule has 0 aromatic heterocycles. The minimum atomic E-state index is -3.12. The van der Waals surface area contributed by atoms with E-state index in [1.165, 1.54) is 0 Å². The van der Waals surface area contributed by atoms with Crippen molar-refractivity contribution in [3.05, 3.63) is 24.3 Å². The molecule has 1 aromatic carbocycles. The normalized spacial score (nSPS) is 12.7. The van der Waals surface area contributed by atoms with Gasteiger partial charge in [0.15, 0.2) is 9.84 Å². The third-order valence-electron chi connectivity index (χ3n) is 3.20. The molecule has 1 aromatic rings. The summed E-state index contributed by atoms with van der Waals surface area (Å²) >= 11 is 0. The average molecular weight is 312 g/mol. The second-order valence-corrected chi connectivity index (χ2v) is 8.71. The van der Waals surface area contributed by atoms with Crippen molar-refractivity contribution < 1.29 is 8.42 Å². The monoisotopic (exact) mass is 312 g/mol. The van der Waals surface area contributed by atoms with Crippen LogP contribution in [0, 0.1) is 5.41 Å². The van der Waals surface area contributed by atoms with Gasteiger partial charge in [-0.2, -0.15) is 0 Å². The van der Waals surface area contributed by atoms with Gasteiger partial charge in [0.05, 0.1) is 10.6 Å². The zero-order chi connectivity index (χ0) is 16.1. The molecule has 4 nitrogen and oxygen atoms in total. The number of sulfone groups is 1. The van der Waals surface area contributed by atoms with E-state index >= 15 is 0 Å². The summed E-state index contributed by atoms with van der Waals surface area (Å²) in [7, 11) is 1.01. The van der Waals surface area contributed by atoms with Crippen LogP contribution in [0.3, 0.4) is 0 Å². The van der Waals surface area contributed by atoms with E-state index < -0.39 is 9.84 Å². The second kappa shape index (κ2) is 7.27. The maximum atomic E-state index is 12.0. The van der Waals surface area contributed by atoms with E-state index in [4.69, 9.17) is 0 Å². The van der Waals surface area contributed by atoms with Crippen molar-refractivity contribution in [2.45, 2.75) is 32.1 Å². The molecule has 0 aliphatic rings. The number of anilines is 1. The zero-order valence-corrected chi connectivity index (χ0v) is 14.6. The highest BCUT2D eigenvalue weighted by atomic mass is 32.2. The van der Waals surface area contributed by atoms with Gasteiger partial charge >= 0.3 is 0 Å². The first kappa shape index (κ1) is 18.0. The Kier molecular flexibility index (Phi) is 6.23. The Hall–Kier alpha value is -1.07. The van der Waals surface area contributed by atoms with Crippen LogP contribution in [-0.4, -0.2) is 46.3 Å². The van der Waals surface area contributed by atoms with Crippen molar-refractivity contribution in [2.75, 3.05) is 38.3 Å². The fraction of sp³-hybridized carbons (Fsp3) is 0.625. The predicted molar refractivity (Wildman–Crippen MR) is 89.6 cm³/mol. The molecule has 0 saturated carbocycles. The summed E-state index contributed by atoms with van der Waals surface area (Å²) in [6.45, 7) is 8.12. The van der Waals surface area contributed by atoms with Crippen molar-refractivity contribution in [1.82, 2.24) is 4.90 Å². The molecule has 0 saturated heterocycles. The SMILES string of the molecule is CCCS(=O)(=O)c1ccc(NCC(C)(C)CN(C)C)cc1. The van der Waals surface area contributed by atoms with E-state index in [9.17, 15) is 8.42 Å². The van der Waals surface area contributed by atoms with Gasteiger partial charge in [-0.1, -0.05) is 20.8 Å². The standard InChI is InChI=1S/C16H28N2O2S/c1-6-11-21(19,20)15-9-7-14(8-10-15)17-12-16(2,3)13-18(4)5/h7-10,17H,6,11-13H2,1-5H3. The Bertz CT molecular complexity index is 534. The summed E-state index contributed by atoms with van der Waals surface area (Å²) in [6, 6.07) is 7.06. The van der Waals surface area contributed by atoms with E-state index in [0.717, 1.165) is 18.8 Å². The molecule has 0 bridgehead atoms. The largest absolute Gasteiger partial charge is 0.384 e. The molecular weight excluding hydrogens is 284 g/mol. The summed E-state index contributed by atoms with van der Waals surface area (Å²) in [5.74, 6) is 0.204. The van der Waals surface area contributed by atoms with E-state index in [0.29, 0.717) is 11.3 Å². The molecule has 1 rings (SSSR count). The van der Waals surface area contributed by atoms with Gasteiger partial charge < -0.3 is 10.2 Å². The van der Waals surface area contributed by atoms with Crippen LogP contribution >= 0.6 is 0 Å². The van der Waals surface area contributed by atoms with Gasteiger partial charge in [-0.15, -0.1) is 0 Å². The van der Waals surface area contributed by atoms with Crippen molar-refractivity contribution in [1.29, 1.82) is 0 Å². The van der Waals surface area contributed by atoms with Crippen LogP contribution < -0.4 is 5.32 Å². The molecule has 0 unspecified atom stereocenters. The lowest BCUT2D eigenvalue weighted by Gasteiger charge is -2.28. The van der Waals surface area contributed by atoms with Gasteiger partial charge in [0.1, 0.15) is 0 Å². The number of hydrogen-bond acceptors (Lipinski definition) is 4. The minimum absolute atomic E-state index is 0.149. The van der Waals surface area contributed by atoms with Crippen LogP contribution in [0.4, 0.5) is 5.69 Å². The summed E-state index contributed by atoms with van der Waals surface area (Å²) in [4.78, 5) is 2.57. The molecule has 0 aliphatic carbocycles. The summed E-state index contributed by atoms with van der Waals surface area (Å²) in [6.07, 6.45) is 0.640. The molecular formula is C16H28N2O2S. The highest BCUT2D eigenvalue weighted by Gasteiger charge is 2.18. The van der Waals surface area contributed by atoms with E-state index in [2.05, 4.69) is 38.2 Å². The van der Waals surface area contributed by atoms with Crippen molar-refractivity contribution in [3.8, 4) is 0 Å². The van der Waals surface area contributed by atoms with Gasteiger partial charge in [0.2, 0.25) is 0 Å². The van der Waals surface area contributed by atoms with E-state index in [1.807, 2.05) is 19.1 Å². The predicted octanol–water partition coefficient (Wildman–Crippen LogP) is 2.87. The first-order chi connectivity index (χ1) is 9.66. The van der Waals surface area contributed by atoms with Gasteiger partial charge in [0, 0.05) is 18.8 Å². The lowest BCUT2D eigenvalue weighted by molar-refractivity contribution is 0.254. The lowest BCUT2D eigenvalue weighted by Crippen LogP contribution is -2.34. The molecule has 5 heteroatoms. The zero-order valence-electron chi connectivity index (χ0n) is 13.8. The molecule has 0 amide bonds. The average Bonchev–Trinajstić information content (AvgIpc) is 2.35. The summed E-state index contributed by atoms with van der Waals surface area (Å²) in [5.41, 5.74) is 1.11. The Balaban J connectivity index is 2.68. The third-order valence-corrected chi connectivity index (χ3v) is 5.14. The first-order valence-electron chi connectivity index (χ1n) is 7.38. The molecule has 0 radical (unpaired) electrons. The molecule has 120 valence electrons. The van der Waals surface area contributed by atoms with E-state index in [1.54, 1.807) is 12.1 Å². The molecule has 1 N–H and O–H groups in total. The lowest BCUT2D eigenvalue weighted by atomic mass is 9.93. The Labute approximate surface area is 129 Å². The molecule has 21 heavy (non-hydrogen) atoms. The Morgan fingerprint density at radius 2 is 1.71 bits per heavy atom. The highest BCUT2D eigenvalue weighted by molar-refractivity contribution is 7.91. The smallest absolute Gasteiger partial charge is 0.178 e. The summed E-state index contributed by atoms with van der Waals surface area (Å²) < 4.78 is 23.9. The second-order valence-electron chi connectivity index (χ2n) is 6.60. The molecule has 0 heterocycles. The topological polar surface area (TPSA) is 49.4 Å². The van der Waals surface area contributed by atoms with Crippen LogP contribution in [-0.2, 0) is 9.84 Å². The fourth-order valence-electron chi connectivity index (χ4n) is 2.42. The molecule has 0 spiro atoms. The fourth-order valence-corrected chi connectivity index (χ4v) is 3.74. The van der Waals surface area contributed by atoms with E-state index in [-0.39, 0.29) is 11.2 Å². The van der Waals surface area contributed by atoms with Crippen LogP contribution in [0.15, 0.2) is 29.2 Å². The van der Waals surface area contributed by atoms with Crippen LogP contribution in [0.25, 0.3) is 0 Å². The summed E-state index contributed by atoms with van der Waals surface area (Å²) in [5, 5.41) is 3.38. The van der Waals surface area contributed by atoms with Crippen molar-refractivity contribution in [3.63, 3.8) is 0 Å². The molecule has 0 fully saturated rings. The van der Waals surface area contributed by atoms with Crippen LogP contribution in [0.2, 0.25) is 0 Å². The number of hydrogen-bond donors (Lipinski definition) is 1. The molecule has 0 aliphatic heterocycles. The maximum absolute atomic E-state index is 12.0. The number of nitrogens with zero attached hydrogens (tertiary/aromatic N) is 1. The van der Waals surface area contributed by atoms with Gasteiger partial charge in [-0.3, -0.25) is 0 Å². The highest BCUT2D eigenvalue weighted by Crippen LogP contribution is 2.20. The number of rotatable bonds is 8. The van der Waals surface area contributed by atoms with Gasteiger partial charge in [-0.25, -0.2) is 8.42 Å². The maximum Gasteiger partial charge on any atom is 0.178 e.